The number of halogens is 2. The van der Waals surface area contributed by atoms with Crippen LogP contribution in [-0.2, 0) is 9.59 Å². The molecule has 0 saturated carbocycles. The maximum atomic E-state index is 13.3. The lowest BCUT2D eigenvalue weighted by atomic mass is 9.75. The second-order valence-electron chi connectivity index (χ2n) is 8.46. The van der Waals surface area contributed by atoms with E-state index in [9.17, 15) is 14.9 Å². The zero-order valence-corrected chi connectivity index (χ0v) is 23.0. The molecule has 0 saturated heterocycles. The number of carbonyl (C=O) groups excluding carboxylic acids is 2. The van der Waals surface area contributed by atoms with Crippen LogP contribution in [0.15, 0.2) is 55.8 Å². The molecule has 194 valence electrons. The van der Waals surface area contributed by atoms with Gasteiger partial charge in [0.1, 0.15) is 11.6 Å². The van der Waals surface area contributed by atoms with Crippen LogP contribution in [0.1, 0.15) is 36.5 Å². The smallest absolute Gasteiger partial charge is 0.236 e. The second kappa shape index (κ2) is 10.8. The molecule has 0 bridgehead atoms. The third-order valence-corrected chi connectivity index (χ3v) is 8.71. The van der Waals surface area contributed by atoms with Crippen LogP contribution >= 0.6 is 46.3 Å². The lowest BCUT2D eigenvalue weighted by Crippen LogP contribution is -2.38. The zero-order valence-electron chi connectivity index (χ0n) is 19.8. The van der Waals surface area contributed by atoms with Crippen molar-refractivity contribution in [3.63, 3.8) is 0 Å². The topological polar surface area (TPSA) is 151 Å². The molecule has 3 heterocycles. The van der Waals surface area contributed by atoms with Crippen molar-refractivity contribution in [2.45, 2.75) is 36.4 Å². The molecule has 3 N–H and O–H groups in total. The molecule has 5 rings (SSSR count). The minimum Gasteiger partial charge on any atom is -0.384 e. The molecule has 0 fully saturated rings. The van der Waals surface area contributed by atoms with E-state index in [1.54, 1.807) is 36.1 Å². The van der Waals surface area contributed by atoms with Crippen molar-refractivity contribution in [1.82, 2.24) is 15.4 Å². The quantitative estimate of drug-likeness (QED) is 0.369. The first-order valence-electron chi connectivity index (χ1n) is 11.4. The number of hydrogen-bond donors (Lipinski definition) is 2. The Kier molecular flexibility index (Phi) is 7.45. The van der Waals surface area contributed by atoms with Gasteiger partial charge in [-0.15, -0.1) is 10.2 Å². The predicted molar refractivity (Wildman–Crippen MR) is 145 cm³/mol. The Hall–Kier alpha value is -3.37. The SMILES string of the molecule is Cc1cc(NC(=O)CSc2nnc(N3C(N)=C(C#N)C(c4c(Cl)cccc4Cl)C4=C3CCCC4=O)s2)no1. The maximum absolute atomic E-state index is 13.3. The predicted octanol–water partition coefficient (Wildman–Crippen LogP) is 5.18. The summed E-state index contributed by atoms with van der Waals surface area (Å²) in [6.07, 6.45) is 1.50. The minimum absolute atomic E-state index is 0.0643. The number of nitrogens with two attached hydrogens (primary N) is 1. The first-order chi connectivity index (χ1) is 18.3. The highest BCUT2D eigenvalue weighted by Gasteiger charge is 2.42. The molecule has 14 heteroatoms. The van der Waals surface area contributed by atoms with Gasteiger partial charge in [-0.25, -0.2) is 0 Å². The molecular weight excluding hydrogens is 569 g/mol. The van der Waals surface area contributed by atoms with E-state index in [1.165, 1.54) is 23.1 Å². The van der Waals surface area contributed by atoms with Crippen LogP contribution < -0.4 is 16.0 Å². The summed E-state index contributed by atoms with van der Waals surface area (Å²) < 4.78 is 5.46. The summed E-state index contributed by atoms with van der Waals surface area (Å²) in [6, 6.07) is 8.83. The van der Waals surface area contributed by atoms with Gasteiger partial charge in [-0.2, -0.15) is 5.26 Å². The fourth-order valence-electron chi connectivity index (χ4n) is 4.46. The average Bonchev–Trinajstić information content (AvgIpc) is 3.51. The summed E-state index contributed by atoms with van der Waals surface area (Å²) in [7, 11) is 0. The molecule has 1 amide bonds. The van der Waals surface area contributed by atoms with Crippen LogP contribution in [0.4, 0.5) is 10.9 Å². The number of anilines is 2. The highest BCUT2D eigenvalue weighted by atomic mass is 35.5. The summed E-state index contributed by atoms with van der Waals surface area (Å²) >= 11 is 15.4. The molecule has 3 aromatic rings. The van der Waals surface area contributed by atoms with Gasteiger partial charge in [0.2, 0.25) is 11.0 Å². The van der Waals surface area contributed by atoms with Crippen LogP contribution in [0.25, 0.3) is 0 Å². The summed E-state index contributed by atoms with van der Waals surface area (Å²) in [5.74, 6) is -0.0625. The Morgan fingerprint density at radius 3 is 2.79 bits per heavy atom. The summed E-state index contributed by atoms with van der Waals surface area (Å²) in [4.78, 5) is 27.2. The number of benzene rings is 1. The molecule has 1 atom stereocenters. The monoisotopic (exact) mass is 587 g/mol. The molecule has 2 aromatic heterocycles. The van der Waals surface area contributed by atoms with E-state index in [0.29, 0.717) is 67.2 Å². The van der Waals surface area contributed by atoms with Gasteiger partial charge in [-0.05, 0) is 31.9 Å². The summed E-state index contributed by atoms with van der Waals surface area (Å²) in [5.41, 5.74) is 8.27. The second-order valence-corrected chi connectivity index (χ2v) is 11.5. The van der Waals surface area contributed by atoms with E-state index < -0.39 is 5.92 Å². The van der Waals surface area contributed by atoms with Gasteiger partial charge in [0, 0.05) is 39.4 Å². The Labute approximate surface area is 235 Å². The number of ketones is 1. The van der Waals surface area contributed by atoms with Crippen LogP contribution in [0.5, 0.6) is 0 Å². The van der Waals surface area contributed by atoms with Crippen LogP contribution in [0.2, 0.25) is 10.0 Å². The maximum Gasteiger partial charge on any atom is 0.236 e. The normalized spacial score (nSPS) is 17.5. The van der Waals surface area contributed by atoms with Crippen LogP contribution in [0, 0.1) is 18.3 Å². The number of rotatable bonds is 6. The molecule has 0 spiro atoms. The van der Waals surface area contributed by atoms with Crippen molar-refractivity contribution in [3.8, 4) is 6.07 Å². The third-order valence-electron chi connectivity index (χ3n) is 6.01. The van der Waals surface area contributed by atoms with Crippen LogP contribution in [0.3, 0.4) is 0 Å². The van der Waals surface area contributed by atoms with E-state index in [2.05, 4.69) is 26.7 Å². The number of aryl methyl sites for hydroxylation is 1. The number of aromatic nitrogens is 3. The van der Waals surface area contributed by atoms with Crippen molar-refractivity contribution < 1.29 is 14.1 Å². The van der Waals surface area contributed by atoms with Crippen molar-refractivity contribution in [2.24, 2.45) is 5.73 Å². The molecular formula is C24H19Cl2N7O3S2. The number of nitriles is 1. The van der Waals surface area contributed by atoms with E-state index in [4.69, 9.17) is 33.5 Å². The number of nitrogens with zero attached hydrogens (tertiary/aromatic N) is 5. The van der Waals surface area contributed by atoms with Crippen molar-refractivity contribution in [1.29, 1.82) is 5.26 Å². The molecule has 10 nitrogen and oxygen atoms in total. The van der Waals surface area contributed by atoms with Gasteiger partial charge in [-0.1, -0.05) is 57.5 Å². The Balaban J connectivity index is 1.47. The zero-order chi connectivity index (χ0) is 27.0. The highest BCUT2D eigenvalue weighted by Crippen LogP contribution is 2.49. The number of carbonyl (C=O) groups is 2. The number of nitrogens with one attached hydrogen (secondary N) is 1. The summed E-state index contributed by atoms with van der Waals surface area (Å²) in [6.45, 7) is 1.73. The van der Waals surface area contributed by atoms with Gasteiger partial charge < -0.3 is 15.6 Å². The lowest BCUT2D eigenvalue weighted by Gasteiger charge is -2.38. The molecule has 2 aliphatic rings. The molecule has 1 aliphatic heterocycles. The molecule has 1 aliphatic carbocycles. The Morgan fingerprint density at radius 1 is 1.34 bits per heavy atom. The van der Waals surface area contributed by atoms with Gasteiger partial charge >= 0.3 is 0 Å². The third kappa shape index (κ3) is 4.90. The number of amides is 1. The highest BCUT2D eigenvalue weighted by molar-refractivity contribution is 8.01. The standard InChI is InChI=1S/C24H19Cl2N7O3S2/c1-11-8-17(32-36-11)29-18(35)10-37-24-31-30-23(38-24)33-15-6-3-7-16(34)21(15)19(12(9-27)22(33)28)20-13(25)4-2-5-14(20)26/h2,4-5,8,19H,3,6-7,10,28H2,1H3,(H,29,32,35). The first kappa shape index (κ1) is 26.2. The molecule has 1 aromatic carbocycles. The molecule has 0 radical (unpaired) electrons. The molecule has 1 unspecified atom stereocenters. The van der Waals surface area contributed by atoms with E-state index in [-0.39, 0.29) is 28.8 Å². The van der Waals surface area contributed by atoms with Gasteiger partial charge in [-0.3, -0.25) is 14.5 Å². The number of hydrogen-bond acceptors (Lipinski definition) is 11. The van der Waals surface area contributed by atoms with E-state index >= 15 is 0 Å². The number of Topliss-reactive ketones (excluding diaryl/α,β-unsaturated/α-hetero) is 1. The molecule has 38 heavy (non-hydrogen) atoms. The van der Waals surface area contributed by atoms with E-state index in [0.717, 1.165) is 0 Å². The van der Waals surface area contributed by atoms with Crippen molar-refractivity contribution in [3.05, 3.63) is 68.3 Å². The Morgan fingerprint density at radius 2 is 2.11 bits per heavy atom. The van der Waals surface area contributed by atoms with E-state index in [1.807, 2.05) is 0 Å². The lowest BCUT2D eigenvalue weighted by molar-refractivity contribution is -0.116. The number of thioether (sulfide) groups is 1. The number of allylic oxidation sites excluding steroid dienone is 3. The fourth-order valence-corrected chi connectivity index (χ4v) is 6.76. The van der Waals surface area contributed by atoms with Gasteiger partial charge in [0.15, 0.2) is 15.9 Å². The average molecular weight is 589 g/mol. The van der Waals surface area contributed by atoms with Gasteiger partial charge in [0.25, 0.3) is 0 Å². The largest absolute Gasteiger partial charge is 0.384 e. The van der Waals surface area contributed by atoms with Crippen molar-refractivity contribution >= 4 is 68.9 Å². The Bertz CT molecular complexity index is 1540. The fraction of sp³-hybridized carbons (Fsp3) is 0.250. The minimum atomic E-state index is -0.786. The summed E-state index contributed by atoms with van der Waals surface area (Å²) in [5, 5.41) is 26.1. The van der Waals surface area contributed by atoms with Gasteiger partial charge in [0.05, 0.1) is 23.3 Å². The van der Waals surface area contributed by atoms with Crippen LogP contribution in [-0.4, -0.2) is 32.8 Å². The first-order valence-corrected chi connectivity index (χ1v) is 13.9. The van der Waals surface area contributed by atoms with Crippen molar-refractivity contribution in [2.75, 3.05) is 16.0 Å².